The highest BCUT2D eigenvalue weighted by Crippen LogP contribution is 2.23. The SMILES string of the molecule is CC.COc1nc(Nc2ccccc2)ncc1Br. The Morgan fingerprint density at radius 3 is 2.44 bits per heavy atom. The Hall–Kier alpha value is -1.62. The van der Waals surface area contributed by atoms with E-state index in [1.165, 1.54) is 0 Å². The molecule has 0 radical (unpaired) electrons. The molecule has 0 aliphatic heterocycles. The maximum Gasteiger partial charge on any atom is 0.232 e. The fraction of sp³-hybridized carbons (Fsp3) is 0.231. The summed E-state index contributed by atoms with van der Waals surface area (Å²) in [5.41, 5.74) is 0.937. The zero-order valence-corrected chi connectivity index (χ0v) is 12.2. The zero-order valence-electron chi connectivity index (χ0n) is 10.6. The highest BCUT2D eigenvalue weighted by atomic mass is 79.9. The molecule has 2 rings (SSSR count). The number of rotatable bonds is 3. The number of hydrogen-bond donors (Lipinski definition) is 1. The second kappa shape index (κ2) is 7.66. The van der Waals surface area contributed by atoms with Crippen molar-refractivity contribution in [1.29, 1.82) is 0 Å². The first-order chi connectivity index (χ1) is 8.79. The van der Waals surface area contributed by atoms with Crippen molar-refractivity contribution in [2.75, 3.05) is 12.4 Å². The Morgan fingerprint density at radius 2 is 1.83 bits per heavy atom. The third kappa shape index (κ3) is 4.00. The van der Waals surface area contributed by atoms with Crippen molar-refractivity contribution in [2.24, 2.45) is 0 Å². The van der Waals surface area contributed by atoms with Gasteiger partial charge in [-0.15, -0.1) is 0 Å². The number of aromatic nitrogens is 2. The van der Waals surface area contributed by atoms with Crippen molar-refractivity contribution in [1.82, 2.24) is 9.97 Å². The summed E-state index contributed by atoms with van der Waals surface area (Å²) in [6.45, 7) is 4.00. The topological polar surface area (TPSA) is 47.0 Å². The molecule has 0 aliphatic carbocycles. The molecule has 1 N–H and O–H groups in total. The van der Waals surface area contributed by atoms with Crippen LogP contribution in [0.1, 0.15) is 13.8 Å². The number of anilines is 2. The van der Waals surface area contributed by atoms with Crippen LogP contribution in [-0.2, 0) is 0 Å². The average Bonchev–Trinajstić information content (AvgIpc) is 2.44. The second-order valence-electron chi connectivity index (χ2n) is 3.04. The Labute approximate surface area is 116 Å². The molecule has 0 amide bonds. The van der Waals surface area contributed by atoms with Gasteiger partial charge in [-0.2, -0.15) is 4.98 Å². The molecular weight excluding hydrogens is 294 g/mol. The molecule has 96 valence electrons. The van der Waals surface area contributed by atoms with Crippen LogP contribution in [0.4, 0.5) is 11.6 Å². The molecule has 0 saturated carbocycles. The van der Waals surface area contributed by atoms with Crippen LogP contribution in [0.3, 0.4) is 0 Å². The van der Waals surface area contributed by atoms with Crippen LogP contribution in [0.2, 0.25) is 0 Å². The molecule has 0 aliphatic rings. The number of para-hydroxylation sites is 1. The lowest BCUT2D eigenvalue weighted by molar-refractivity contribution is 0.394. The minimum atomic E-state index is 0.506. The van der Waals surface area contributed by atoms with Crippen molar-refractivity contribution < 1.29 is 4.74 Å². The highest BCUT2D eigenvalue weighted by molar-refractivity contribution is 9.10. The molecule has 0 saturated heterocycles. The maximum atomic E-state index is 5.09. The molecule has 0 unspecified atom stereocenters. The minimum absolute atomic E-state index is 0.506. The lowest BCUT2D eigenvalue weighted by Gasteiger charge is -2.06. The first-order valence-electron chi connectivity index (χ1n) is 5.68. The number of ether oxygens (including phenoxy) is 1. The smallest absolute Gasteiger partial charge is 0.232 e. The molecule has 1 aromatic heterocycles. The van der Waals surface area contributed by atoms with E-state index in [1.54, 1.807) is 13.3 Å². The standard InChI is InChI=1S/C11H10BrN3O.C2H6/c1-16-10-9(12)7-13-11(15-10)14-8-5-3-2-4-6-8;1-2/h2-7H,1H3,(H,13,14,15);1-2H3. The number of nitrogens with one attached hydrogen (secondary N) is 1. The Bertz CT molecular complexity index is 477. The van der Waals surface area contributed by atoms with Gasteiger partial charge < -0.3 is 10.1 Å². The van der Waals surface area contributed by atoms with E-state index in [-0.39, 0.29) is 0 Å². The van der Waals surface area contributed by atoms with Gasteiger partial charge in [0, 0.05) is 5.69 Å². The third-order valence-corrected chi connectivity index (χ3v) is 2.48. The molecule has 5 heteroatoms. The fourth-order valence-corrected chi connectivity index (χ4v) is 1.56. The van der Waals surface area contributed by atoms with Crippen LogP contribution in [0.25, 0.3) is 0 Å². The van der Waals surface area contributed by atoms with Crippen LogP contribution in [-0.4, -0.2) is 17.1 Å². The number of benzene rings is 1. The molecule has 1 heterocycles. The van der Waals surface area contributed by atoms with Gasteiger partial charge in [0.25, 0.3) is 0 Å². The van der Waals surface area contributed by atoms with E-state index >= 15 is 0 Å². The van der Waals surface area contributed by atoms with Gasteiger partial charge in [0.2, 0.25) is 11.8 Å². The van der Waals surface area contributed by atoms with Gasteiger partial charge in [-0.05, 0) is 28.1 Å². The van der Waals surface area contributed by atoms with Gasteiger partial charge in [-0.3, -0.25) is 0 Å². The van der Waals surface area contributed by atoms with E-state index in [0.717, 1.165) is 10.2 Å². The zero-order chi connectivity index (χ0) is 13.4. The molecule has 18 heavy (non-hydrogen) atoms. The van der Waals surface area contributed by atoms with Gasteiger partial charge in [0.15, 0.2) is 0 Å². The maximum absolute atomic E-state index is 5.09. The third-order valence-electron chi connectivity index (χ3n) is 1.94. The monoisotopic (exact) mass is 309 g/mol. The van der Waals surface area contributed by atoms with Gasteiger partial charge >= 0.3 is 0 Å². The van der Waals surface area contributed by atoms with E-state index in [2.05, 4.69) is 31.2 Å². The largest absolute Gasteiger partial charge is 0.480 e. The lowest BCUT2D eigenvalue weighted by atomic mass is 10.3. The first-order valence-corrected chi connectivity index (χ1v) is 6.47. The van der Waals surface area contributed by atoms with E-state index in [0.29, 0.717) is 11.8 Å². The van der Waals surface area contributed by atoms with Crippen molar-refractivity contribution in [3.8, 4) is 5.88 Å². The minimum Gasteiger partial charge on any atom is -0.480 e. The van der Waals surface area contributed by atoms with Crippen molar-refractivity contribution >= 4 is 27.6 Å². The molecule has 0 spiro atoms. The van der Waals surface area contributed by atoms with Gasteiger partial charge in [0.1, 0.15) is 0 Å². The van der Waals surface area contributed by atoms with Crippen LogP contribution in [0.15, 0.2) is 41.0 Å². The summed E-state index contributed by atoms with van der Waals surface area (Å²) in [5.74, 6) is 1.01. The summed E-state index contributed by atoms with van der Waals surface area (Å²) in [7, 11) is 1.57. The molecule has 4 nitrogen and oxygen atoms in total. The predicted octanol–water partition coefficient (Wildman–Crippen LogP) is 4.02. The average molecular weight is 310 g/mol. The van der Waals surface area contributed by atoms with E-state index in [4.69, 9.17) is 4.74 Å². The second-order valence-corrected chi connectivity index (χ2v) is 3.90. The Kier molecular flexibility index (Phi) is 6.14. The molecule has 0 fully saturated rings. The van der Waals surface area contributed by atoms with Crippen LogP contribution in [0.5, 0.6) is 5.88 Å². The molecule has 0 atom stereocenters. The predicted molar refractivity (Wildman–Crippen MR) is 77.4 cm³/mol. The van der Waals surface area contributed by atoms with Gasteiger partial charge in [-0.1, -0.05) is 32.0 Å². The van der Waals surface area contributed by atoms with Gasteiger partial charge in [0.05, 0.1) is 17.8 Å². The van der Waals surface area contributed by atoms with Crippen LogP contribution >= 0.6 is 15.9 Å². The summed E-state index contributed by atoms with van der Waals surface area (Å²) in [4.78, 5) is 8.33. The quantitative estimate of drug-likeness (QED) is 0.930. The summed E-state index contributed by atoms with van der Waals surface area (Å²) in [6, 6.07) is 9.72. The van der Waals surface area contributed by atoms with Crippen LogP contribution in [0, 0.1) is 0 Å². The van der Waals surface area contributed by atoms with E-state index < -0.39 is 0 Å². The number of methoxy groups -OCH3 is 1. The van der Waals surface area contributed by atoms with Gasteiger partial charge in [-0.25, -0.2) is 4.98 Å². The van der Waals surface area contributed by atoms with Crippen LogP contribution < -0.4 is 10.1 Å². The lowest BCUT2D eigenvalue weighted by Crippen LogP contribution is -1.99. The summed E-state index contributed by atoms with van der Waals surface area (Å²) in [5, 5.41) is 3.08. The summed E-state index contributed by atoms with van der Waals surface area (Å²) >= 11 is 3.30. The highest BCUT2D eigenvalue weighted by Gasteiger charge is 2.04. The number of halogens is 1. The Morgan fingerprint density at radius 1 is 1.17 bits per heavy atom. The number of hydrogen-bond acceptors (Lipinski definition) is 4. The molecule has 1 aromatic carbocycles. The molecular formula is C13H16BrN3O. The summed E-state index contributed by atoms with van der Waals surface area (Å²) < 4.78 is 5.82. The van der Waals surface area contributed by atoms with E-state index in [9.17, 15) is 0 Å². The van der Waals surface area contributed by atoms with Crippen molar-refractivity contribution in [3.05, 3.63) is 41.0 Å². The summed E-state index contributed by atoms with van der Waals surface area (Å²) in [6.07, 6.45) is 1.65. The molecule has 0 bridgehead atoms. The number of nitrogens with zero attached hydrogens (tertiary/aromatic N) is 2. The first kappa shape index (κ1) is 14.4. The Balaban J connectivity index is 0.000000771. The van der Waals surface area contributed by atoms with Crippen molar-refractivity contribution in [2.45, 2.75) is 13.8 Å². The van der Waals surface area contributed by atoms with E-state index in [1.807, 2.05) is 44.2 Å². The fourth-order valence-electron chi connectivity index (χ4n) is 1.21. The van der Waals surface area contributed by atoms with Crippen molar-refractivity contribution in [3.63, 3.8) is 0 Å². The molecule has 2 aromatic rings. The normalized spacial score (nSPS) is 9.11.